The van der Waals surface area contributed by atoms with E-state index in [9.17, 15) is 18.3 Å². The van der Waals surface area contributed by atoms with E-state index < -0.39 is 16.0 Å². The summed E-state index contributed by atoms with van der Waals surface area (Å²) in [6.07, 6.45) is 1.20. The number of aromatic carboxylic acids is 1. The third kappa shape index (κ3) is 5.74. The molecule has 0 unspecified atom stereocenters. The van der Waals surface area contributed by atoms with Crippen LogP contribution < -0.4 is 14.4 Å². The minimum absolute atomic E-state index is 0.0533. The van der Waals surface area contributed by atoms with Crippen molar-refractivity contribution in [3.05, 3.63) is 41.0 Å². The van der Waals surface area contributed by atoms with Crippen LogP contribution in [0.15, 0.2) is 35.4 Å². The summed E-state index contributed by atoms with van der Waals surface area (Å²) in [5.41, 5.74) is -0.0873. The monoisotopic (exact) mass is 456 g/mol. The van der Waals surface area contributed by atoms with Gasteiger partial charge in [0.15, 0.2) is 5.82 Å². The van der Waals surface area contributed by atoms with E-state index >= 15 is 0 Å². The van der Waals surface area contributed by atoms with Crippen LogP contribution >= 0.6 is 11.6 Å². The predicted molar refractivity (Wildman–Crippen MR) is 116 cm³/mol. The Bertz CT molecular complexity index is 1010. The summed E-state index contributed by atoms with van der Waals surface area (Å²) in [5.74, 6) is -0.782. The molecule has 0 aliphatic rings. The Hall–Kier alpha value is -2.56. The standard InChI is InChI=1S/C19H25ClN4O5S/c1-5-24(9-8-23(2)3)18-15(10-13(12-21-18)19(25)26)22-30(27,28)17-11-14(20)6-7-16(17)29-4/h6-7,10-12,22H,5,8-9H2,1-4H3,(H,25,26). The first-order chi connectivity index (χ1) is 14.1. The van der Waals surface area contributed by atoms with Gasteiger partial charge in [-0.15, -0.1) is 0 Å². The molecule has 0 fully saturated rings. The van der Waals surface area contributed by atoms with E-state index in [4.69, 9.17) is 16.3 Å². The number of sulfonamides is 1. The molecule has 0 saturated carbocycles. The molecule has 30 heavy (non-hydrogen) atoms. The zero-order valence-corrected chi connectivity index (χ0v) is 18.8. The number of carboxylic acids is 1. The van der Waals surface area contributed by atoms with Gasteiger partial charge in [-0.1, -0.05) is 11.6 Å². The minimum Gasteiger partial charge on any atom is -0.495 e. The maximum Gasteiger partial charge on any atom is 0.337 e. The van der Waals surface area contributed by atoms with E-state index in [1.807, 2.05) is 30.8 Å². The van der Waals surface area contributed by atoms with Crippen molar-refractivity contribution in [1.82, 2.24) is 9.88 Å². The topological polar surface area (TPSA) is 112 Å². The highest BCUT2D eigenvalue weighted by atomic mass is 35.5. The third-order valence-corrected chi connectivity index (χ3v) is 5.89. The molecule has 2 N–H and O–H groups in total. The summed E-state index contributed by atoms with van der Waals surface area (Å²) in [5, 5.41) is 9.55. The zero-order valence-electron chi connectivity index (χ0n) is 17.2. The maximum atomic E-state index is 13.1. The van der Waals surface area contributed by atoms with Crippen LogP contribution in [-0.4, -0.2) is 70.2 Å². The molecule has 0 saturated heterocycles. The second-order valence-corrected chi connectivity index (χ2v) is 8.77. The van der Waals surface area contributed by atoms with E-state index in [0.29, 0.717) is 25.5 Å². The summed E-state index contributed by atoms with van der Waals surface area (Å²) in [7, 11) is 1.04. The van der Waals surface area contributed by atoms with Crippen LogP contribution in [0.3, 0.4) is 0 Å². The second kappa shape index (κ2) is 9.96. The number of ether oxygens (including phenoxy) is 1. The maximum absolute atomic E-state index is 13.1. The Morgan fingerprint density at radius 3 is 2.53 bits per heavy atom. The van der Waals surface area contributed by atoms with Crippen LogP contribution in [0.4, 0.5) is 11.5 Å². The first-order valence-electron chi connectivity index (χ1n) is 9.08. The fourth-order valence-corrected chi connectivity index (χ4v) is 4.18. The van der Waals surface area contributed by atoms with Gasteiger partial charge in [0.05, 0.1) is 18.4 Å². The molecule has 0 radical (unpaired) electrons. The Kier molecular flexibility index (Phi) is 7.88. The summed E-state index contributed by atoms with van der Waals surface area (Å²) < 4.78 is 33.8. The first kappa shape index (κ1) is 23.7. The van der Waals surface area contributed by atoms with Gasteiger partial charge in [-0.05, 0) is 45.3 Å². The number of nitrogens with zero attached hydrogens (tertiary/aromatic N) is 3. The van der Waals surface area contributed by atoms with Gasteiger partial charge in [0.1, 0.15) is 10.6 Å². The first-order valence-corrected chi connectivity index (χ1v) is 10.9. The molecule has 164 valence electrons. The lowest BCUT2D eigenvalue weighted by Gasteiger charge is -2.26. The van der Waals surface area contributed by atoms with Crippen LogP contribution in [0.1, 0.15) is 17.3 Å². The van der Waals surface area contributed by atoms with Crippen molar-refractivity contribution in [2.45, 2.75) is 11.8 Å². The molecule has 0 bridgehead atoms. The van der Waals surface area contributed by atoms with Crippen LogP contribution in [0, 0.1) is 0 Å². The molecule has 0 aliphatic carbocycles. The fraction of sp³-hybridized carbons (Fsp3) is 0.368. The van der Waals surface area contributed by atoms with Crippen molar-refractivity contribution in [3.8, 4) is 5.75 Å². The van der Waals surface area contributed by atoms with Crippen molar-refractivity contribution < 1.29 is 23.1 Å². The molecule has 1 heterocycles. The number of nitrogens with one attached hydrogen (secondary N) is 1. The molecule has 9 nitrogen and oxygen atoms in total. The number of pyridine rings is 1. The third-order valence-electron chi connectivity index (χ3n) is 4.27. The molecular weight excluding hydrogens is 432 g/mol. The quantitative estimate of drug-likeness (QED) is 0.561. The number of likely N-dealkylation sites (N-methyl/N-ethyl adjacent to an activating group) is 2. The van der Waals surface area contributed by atoms with Gasteiger partial charge in [-0.2, -0.15) is 0 Å². The Balaban J connectivity index is 2.54. The molecule has 11 heteroatoms. The van der Waals surface area contributed by atoms with Gasteiger partial charge < -0.3 is 19.6 Å². The van der Waals surface area contributed by atoms with Gasteiger partial charge in [-0.3, -0.25) is 4.72 Å². The SMILES string of the molecule is CCN(CCN(C)C)c1ncc(C(=O)O)cc1NS(=O)(=O)c1cc(Cl)ccc1OC. The van der Waals surface area contributed by atoms with Crippen molar-refractivity contribution in [2.24, 2.45) is 0 Å². The number of hydrogen-bond acceptors (Lipinski definition) is 7. The molecule has 1 aromatic carbocycles. The summed E-state index contributed by atoms with van der Waals surface area (Å²) >= 11 is 5.97. The number of halogens is 1. The van der Waals surface area contributed by atoms with Crippen molar-refractivity contribution in [1.29, 1.82) is 0 Å². The summed E-state index contributed by atoms with van der Waals surface area (Å²) in [6, 6.07) is 5.47. The van der Waals surface area contributed by atoms with Crippen molar-refractivity contribution in [2.75, 3.05) is 50.5 Å². The van der Waals surface area contributed by atoms with E-state index in [1.165, 1.54) is 37.6 Å². The number of aromatic nitrogens is 1. The van der Waals surface area contributed by atoms with Crippen LogP contribution in [0.5, 0.6) is 5.75 Å². The van der Waals surface area contributed by atoms with Crippen LogP contribution in [0.25, 0.3) is 0 Å². The molecule has 2 aromatic rings. The molecule has 0 aliphatic heterocycles. The second-order valence-electron chi connectivity index (χ2n) is 6.68. The van der Waals surface area contributed by atoms with Gasteiger partial charge in [0.25, 0.3) is 10.0 Å². The summed E-state index contributed by atoms with van der Waals surface area (Å²) in [6.45, 7) is 3.71. The Morgan fingerprint density at radius 1 is 1.27 bits per heavy atom. The van der Waals surface area contributed by atoms with E-state index in [2.05, 4.69) is 9.71 Å². The number of hydrogen-bond donors (Lipinski definition) is 2. The average molecular weight is 457 g/mol. The van der Waals surface area contributed by atoms with Gasteiger partial charge >= 0.3 is 5.97 Å². The number of carbonyl (C=O) groups is 1. The number of rotatable bonds is 10. The summed E-state index contributed by atoms with van der Waals surface area (Å²) in [4.78, 5) is 19.3. The smallest absolute Gasteiger partial charge is 0.337 e. The van der Waals surface area contributed by atoms with Crippen molar-refractivity contribution >= 4 is 39.1 Å². The number of anilines is 2. The number of methoxy groups -OCH3 is 1. The molecule has 0 spiro atoms. The Labute approximate surface area is 181 Å². The van der Waals surface area contributed by atoms with Crippen LogP contribution in [-0.2, 0) is 10.0 Å². The average Bonchev–Trinajstić information content (AvgIpc) is 2.68. The molecule has 0 amide bonds. The predicted octanol–water partition coefficient (Wildman–Crippen LogP) is 2.63. The minimum atomic E-state index is -4.15. The zero-order chi connectivity index (χ0) is 22.5. The van der Waals surface area contributed by atoms with Crippen LogP contribution in [0.2, 0.25) is 5.02 Å². The highest BCUT2D eigenvalue weighted by Crippen LogP contribution is 2.32. The fourth-order valence-electron chi connectivity index (χ4n) is 2.70. The Morgan fingerprint density at radius 2 is 1.97 bits per heavy atom. The molecular formula is C19H25ClN4O5S. The normalized spacial score (nSPS) is 11.4. The van der Waals surface area contributed by atoms with Crippen molar-refractivity contribution in [3.63, 3.8) is 0 Å². The molecule has 1 aromatic heterocycles. The lowest BCUT2D eigenvalue weighted by Crippen LogP contribution is -2.33. The largest absolute Gasteiger partial charge is 0.495 e. The highest BCUT2D eigenvalue weighted by molar-refractivity contribution is 7.92. The highest BCUT2D eigenvalue weighted by Gasteiger charge is 2.24. The van der Waals surface area contributed by atoms with Gasteiger partial charge in [0.2, 0.25) is 0 Å². The van der Waals surface area contributed by atoms with E-state index in [0.717, 1.165) is 0 Å². The number of carboxylic acid groups (broad SMARTS) is 1. The van der Waals surface area contributed by atoms with E-state index in [1.54, 1.807) is 0 Å². The molecule has 0 atom stereocenters. The van der Waals surface area contributed by atoms with Gasteiger partial charge in [-0.25, -0.2) is 18.2 Å². The lowest BCUT2D eigenvalue weighted by molar-refractivity contribution is 0.0696. The van der Waals surface area contributed by atoms with E-state index in [-0.39, 0.29) is 26.9 Å². The lowest BCUT2D eigenvalue weighted by atomic mass is 10.2. The van der Waals surface area contributed by atoms with Gasteiger partial charge in [0, 0.05) is 30.9 Å². The molecule has 2 rings (SSSR count). The number of benzene rings is 1.